The molecule has 6 heteroatoms. The Bertz CT molecular complexity index is 457. The monoisotopic (exact) mass is 240 g/mol. The first kappa shape index (κ1) is 12.2. The minimum atomic E-state index is -1.19. The molecular weight excluding hydrogens is 232 g/mol. The van der Waals surface area contributed by atoms with Gasteiger partial charge in [-0.3, -0.25) is 4.79 Å². The summed E-state index contributed by atoms with van der Waals surface area (Å²) in [4.78, 5) is 21.9. The lowest BCUT2D eigenvalue weighted by atomic mass is 10.2. The zero-order valence-corrected chi connectivity index (χ0v) is 9.15. The van der Waals surface area contributed by atoms with Crippen molar-refractivity contribution in [3.05, 3.63) is 34.9 Å². The van der Waals surface area contributed by atoms with E-state index in [4.69, 9.17) is 16.7 Å². The molecule has 0 aliphatic carbocycles. The van der Waals surface area contributed by atoms with E-state index in [0.717, 1.165) is 0 Å². The van der Waals surface area contributed by atoms with E-state index in [1.165, 1.54) is 13.0 Å². The second-order valence-corrected chi connectivity index (χ2v) is 3.33. The standard InChI is InChI=1S/C10H9ClN2O3/c1-6(10(15)16)12-13-9(14)7-4-2-3-5-8(7)11/h2-5H,1H3,(H,13,14)(H,15,16). The number of rotatable bonds is 3. The Hall–Kier alpha value is -1.88. The van der Waals surface area contributed by atoms with Gasteiger partial charge in [-0.25, -0.2) is 10.2 Å². The highest BCUT2D eigenvalue weighted by molar-refractivity contribution is 6.35. The van der Waals surface area contributed by atoms with Crippen LogP contribution in [0, 0.1) is 0 Å². The van der Waals surface area contributed by atoms with E-state index in [2.05, 4.69) is 10.5 Å². The van der Waals surface area contributed by atoms with Crippen LogP contribution in [0.15, 0.2) is 29.4 Å². The summed E-state index contributed by atoms with van der Waals surface area (Å²) in [6.45, 7) is 1.27. The van der Waals surface area contributed by atoms with E-state index in [1.807, 2.05) is 0 Å². The molecule has 0 saturated carbocycles. The van der Waals surface area contributed by atoms with E-state index in [1.54, 1.807) is 18.2 Å². The van der Waals surface area contributed by atoms with Gasteiger partial charge >= 0.3 is 5.97 Å². The second-order valence-electron chi connectivity index (χ2n) is 2.92. The quantitative estimate of drug-likeness (QED) is 0.621. The fourth-order valence-corrected chi connectivity index (χ4v) is 1.11. The third-order valence-corrected chi connectivity index (χ3v) is 2.08. The summed E-state index contributed by atoms with van der Waals surface area (Å²) in [7, 11) is 0. The summed E-state index contributed by atoms with van der Waals surface area (Å²) < 4.78 is 0. The van der Waals surface area contributed by atoms with Gasteiger partial charge in [0.1, 0.15) is 5.71 Å². The first-order valence-corrected chi connectivity index (χ1v) is 4.72. The average molecular weight is 241 g/mol. The van der Waals surface area contributed by atoms with Crippen LogP contribution in [0.4, 0.5) is 0 Å². The molecule has 0 saturated heterocycles. The van der Waals surface area contributed by atoms with Gasteiger partial charge in [0.25, 0.3) is 5.91 Å². The number of carboxylic acids is 1. The van der Waals surface area contributed by atoms with Crippen LogP contribution in [-0.4, -0.2) is 22.7 Å². The molecule has 84 valence electrons. The van der Waals surface area contributed by atoms with Crippen molar-refractivity contribution in [1.82, 2.24) is 5.43 Å². The van der Waals surface area contributed by atoms with Crippen molar-refractivity contribution in [2.45, 2.75) is 6.92 Å². The van der Waals surface area contributed by atoms with Crippen LogP contribution in [-0.2, 0) is 4.79 Å². The van der Waals surface area contributed by atoms with Gasteiger partial charge in [-0.2, -0.15) is 5.10 Å². The normalized spacial score (nSPS) is 11.0. The van der Waals surface area contributed by atoms with Crippen molar-refractivity contribution in [1.29, 1.82) is 0 Å². The smallest absolute Gasteiger partial charge is 0.351 e. The number of benzene rings is 1. The van der Waals surface area contributed by atoms with Crippen LogP contribution in [0.25, 0.3) is 0 Å². The zero-order valence-electron chi connectivity index (χ0n) is 8.40. The summed E-state index contributed by atoms with van der Waals surface area (Å²) in [5, 5.41) is 12.2. The lowest BCUT2D eigenvalue weighted by Gasteiger charge is -2.02. The van der Waals surface area contributed by atoms with Gasteiger partial charge in [-0.05, 0) is 19.1 Å². The third-order valence-electron chi connectivity index (χ3n) is 1.75. The van der Waals surface area contributed by atoms with Crippen molar-refractivity contribution in [2.75, 3.05) is 0 Å². The molecule has 0 aliphatic rings. The Morgan fingerprint density at radius 3 is 2.56 bits per heavy atom. The predicted octanol–water partition coefficient (Wildman–Crippen LogP) is 1.53. The maximum absolute atomic E-state index is 11.5. The maximum Gasteiger partial charge on any atom is 0.351 e. The summed E-state index contributed by atoms with van der Waals surface area (Å²) >= 11 is 5.77. The fraction of sp³-hybridized carbons (Fsp3) is 0.100. The van der Waals surface area contributed by atoms with Crippen LogP contribution >= 0.6 is 11.6 Å². The molecule has 1 amide bonds. The Labute approximate surface area is 96.7 Å². The summed E-state index contributed by atoms with van der Waals surface area (Å²) in [6.07, 6.45) is 0. The van der Waals surface area contributed by atoms with Gasteiger partial charge < -0.3 is 5.11 Å². The highest BCUT2D eigenvalue weighted by atomic mass is 35.5. The number of nitrogens with zero attached hydrogens (tertiary/aromatic N) is 1. The molecule has 0 aliphatic heterocycles. The van der Waals surface area contributed by atoms with Gasteiger partial charge in [0.05, 0.1) is 10.6 Å². The molecule has 1 aromatic carbocycles. The number of amides is 1. The van der Waals surface area contributed by atoms with Gasteiger partial charge in [0, 0.05) is 0 Å². The minimum Gasteiger partial charge on any atom is -0.477 e. The van der Waals surface area contributed by atoms with Gasteiger partial charge in [0.2, 0.25) is 0 Å². The lowest BCUT2D eigenvalue weighted by molar-refractivity contribution is -0.129. The number of carbonyl (C=O) groups excluding carboxylic acids is 1. The molecule has 1 aromatic rings. The molecule has 0 spiro atoms. The van der Waals surface area contributed by atoms with Crippen molar-refractivity contribution in [3.8, 4) is 0 Å². The molecule has 0 heterocycles. The first-order chi connectivity index (χ1) is 7.52. The van der Waals surface area contributed by atoms with E-state index >= 15 is 0 Å². The van der Waals surface area contributed by atoms with Gasteiger partial charge in [0.15, 0.2) is 0 Å². The number of carbonyl (C=O) groups is 2. The molecule has 0 unspecified atom stereocenters. The molecule has 2 N–H and O–H groups in total. The highest BCUT2D eigenvalue weighted by Crippen LogP contribution is 2.14. The number of halogens is 1. The average Bonchev–Trinajstić information content (AvgIpc) is 2.25. The molecule has 5 nitrogen and oxygen atoms in total. The van der Waals surface area contributed by atoms with Gasteiger partial charge in [-0.1, -0.05) is 23.7 Å². The minimum absolute atomic E-state index is 0.208. The highest BCUT2D eigenvalue weighted by Gasteiger charge is 2.09. The van der Waals surface area contributed by atoms with E-state index in [9.17, 15) is 9.59 Å². The maximum atomic E-state index is 11.5. The molecule has 0 atom stereocenters. The summed E-state index contributed by atoms with van der Waals surface area (Å²) in [6, 6.07) is 6.41. The Balaban J connectivity index is 2.78. The Kier molecular flexibility index (Phi) is 4.02. The van der Waals surface area contributed by atoms with Gasteiger partial charge in [-0.15, -0.1) is 0 Å². The Morgan fingerprint density at radius 2 is 2.00 bits per heavy atom. The van der Waals surface area contributed by atoms with E-state index < -0.39 is 11.9 Å². The number of aliphatic carboxylic acids is 1. The van der Waals surface area contributed by atoms with Crippen LogP contribution in [0.2, 0.25) is 5.02 Å². The fourth-order valence-electron chi connectivity index (χ4n) is 0.888. The van der Waals surface area contributed by atoms with Crippen LogP contribution in [0.3, 0.4) is 0 Å². The molecule has 0 radical (unpaired) electrons. The number of carboxylic acid groups (broad SMARTS) is 1. The Morgan fingerprint density at radius 1 is 1.38 bits per heavy atom. The summed E-state index contributed by atoms with van der Waals surface area (Å²) in [5.41, 5.74) is 2.14. The van der Waals surface area contributed by atoms with Crippen molar-refractivity contribution in [2.24, 2.45) is 5.10 Å². The third kappa shape index (κ3) is 3.06. The predicted molar refractivity (Wildman–Crippen MR) is 59.7 cm³/mol. The molecule has 16 heavy (non-hydrogen) atoms. The number of nitrogens with one attached hydrogen (secondary N) is 1. The molecule has 0 aromatic heterocycles. The largest absolute Gasteiger partial charge is 0.477 e. The van der Waals surface area contributed by atoms with Crippen LogP contribution in [0.5, 0.6) is 0 Å². The van der Waals surface area contributed by atoms with Crippen molar-refractivity contribution in [3.63, 3.8) is 0 Å². The molecular formula is C10H9ClN2O3. The molecule has 0 bridgehead atoms. The zero-order chi connectivity index (χ0) is 12.1. The van der Waals surface area contributed by atoms with Crippen molar-refractivity contribution >= 4 is 29.2 Å². The number of hydrogen-bond acceptors (Lipinski definition) is 3. The first-order valence-electron chi connectivity index (χ1n) is 4.35. The molecule has 0 fully saturated rings. The van der Waals surface area contributed by atoms with E-state index in [0.29, 0.717) is 0 Å². The van der Waals surface area contributed by atoms with Crippen LogP contribution < -0.4 is 5.43 Å². The lowest BCUT2D eigenvalue weighted by Crippen LogP contribution is -2.21. The van der Waals surface area contributed by atoms with Crippen LogP contribution in [0.1, 0.15) is 17.3 Å². The summed E-state index contributed by atoms with van der Waals surface area (Å²) in [5.74, 6) is -1.74. The SMILES string of the molecule is CC(=NNC(=O)c1ccccc1Cl)C(=O)O. The number of hydrazone groups is 1. The second kappa shape index (κ2) is 5.27. The molecule has 1 rings (SSSR count). The topological polar surface area (TPSA) is 78.8 Å². The van der Waals surface area contributed by atoms with E-state index in [-0.39, 0.29) is 16.3 Å². The number of hydrogen-bond donors (Lipinski definition) is 2. The van der Waals surface area contributed by atoms with Crippen molar-refractivity contribution < 1.29 is 14.7 Å².